The average Bonchev–Trinajstić information content (AvgIpc) is 2.39. The van der Waals surface area contributed by atoms with Crippen LogP contribution in [0.1, 0.15) is 25.7 Å². The second kappa shape index (κ2) is 5.60. The summed E-state index contributed by atoms with van der Waals surface area (Å²) in [6.45, 7) is 0. The van der Waals surface area contributed by atoms with Gasteiger partial charge in [0.05, 0.1) is 16.0 Å². The van der Waals surface area contributed by atoms with E-state index in [0.717, 1.165) is 17.7 Å². The summed E-state index contributed by atoms with van der Waals surface area (Å²) < 4.78 is 12.4. The van der Waals surface area contributed by atoms with Crippen molar-refractivity contribution in [2.75, 3.05) is 7.05 Å². The molecule has 0 bridgehead atoms. The molecule has 1 saturated carbocycles. The lowest BCUT2D eigenvalue weighted by Crippen LogP contribution is -2.42. The fourth-order valence-electron chi connectivity index (χ4n) is 2.41. The van der Waals surface area contributed by atoms with Crippen molar-refractivity contribution in [3.8, 4) is 0 Å². The van der Waals surface area contributed by atoms with Gasteiger partial charge in [0.15, 0.2) is 0 Å². The van der Waals surface area contributed by atoms with Gasteiger partial charge in [0.25, 0.3) is 0 Å². The molecule has 0 heterocycles. The lowest BCUT2D eigenvalue weighted by Gasteiger charge is -2.30. The first-order chi connectivity index (χ1) is 7.83. The van der Waals surface area contributed by atoms with Crippen LogP contribution in [-0.4, -0.2) is 22.5 Å². The third-order valence-electron chi connectivity index (χ3n) is 3.32. The summed E-state index contributed by atoms with van der Waals surface area (Å²) in [4.78, 5) is 0.967. The zero-order chi connectivity index (χ0) is 11.4. The van der Waals surface area contributed by atoms with Gasteiger partial charge in [0.2, 0.25) is 0 Å². The molecule has 1 N–H and O–H groups in total. The number of hydrogen-bond donors (Lipinski definition) is 1. The quantitative estimate of drug-likeness (QED) is 0.874. The third-order valence-corrected chi connectivity index (χ3v) is 5.17. The Bertz CT molecular complexity index is 352. The number of benzene rings is 1. The summed E-state index contributed by atoms with van der Waals surface area (Å²) in [5.41, 5.74) is 0. The van der Waals surface area contributed by atoms with Crippen LogP contribution in [0.5, 0.6) is 0 Å². The Labute approximate surface area is 99.9 Å². The van der Waals surface area contributed by atoms with Crippen molar-refractivity contribution in [1.29, 1.82) is 0 Å². The maximum absolute atomic E-state index is 12.4. The maximum Gasteiger partial charge on any atom is 0.0576 e. The van der Waals surface area contributed by atoms with Gasteiger partial charge in [0, 0.05) is 10.9 Å². The van der Waals surface area contributed by atoms with Gasteiger partial charge < -0.3 is 5.32 Å². The minimum Gasteiger partial charge on any atom is -0.316 e. The van der Waals surface area contributed by atoms with Gasteiger partial charge in [-0.3, -0.25) is 4.21 Å². The lowest BCUT2D eigenvalue weighted by molar-refractivity contribution is 0.399. The molecule has 0 radical (unpaired) electrons. The van der Waals surface area contributed by atoms with E-state index >= 15 is 0 Å². The SMILES string of the molecule is CNC1CCCCC1S(=O)c1ccccc1. The van der Waals surface area contributed by atoms with Crippen LogP contribution in [0.3, 0.4) is 0 Å². The van der Waals surface area contributed by atoms with Crippen molar-refractivity contribution >= 4 is 10.8 Å². The maximum atomic E-state index is 12.4. The fraction of sp³-hybridized carbons (Fsp3) is 0.538. The van der Waals surface area contributed by atoms with Crippen LogP contribution in [0.25, 0.3) is 0 Å². The van der Waals surface area contributed by atoms with Crippen LogP contribution in [0.4, 0.5) is 0 Å². The highest BCUT2D eigenvalue weighted by Gasteiger charge is 2.29. The summed E-state index contributed by atoms with van der Waals surface area (Å²) in [7, 11) is 1.12. The molecule has 1 aromatic rings. The Hall–Kier alpha value is -0.670. The first-order valence-electron chi connectivity index (χ1n) is 5.96. The van der Waals surface area contributed by atoms with Crippen LogP contribution in [-0.2, 0) is 10.8 Å². The zero-order valence-corrected chi connectivity index (χ0v) is 10.5. The average molecular weight is 237 g/mol. The summed E-state index contributed by atoms with van der Waals surface area (Å²) in [6, 6.07) is 10.2. The molecular formula is C13H19NOS. The molecule has 3 unspecified atom stereocenters. The van der Waals surface area contributed by atoms with Gasteiger partial charge in [-0.2, -0.15) is 0 Å². The highest BCUT2D eigenvalue weighted by atomic mass is 32.2. The zero-order valence-electron chi connectivity index (χ0n) is 9.69. The second-order valence-corrected chi connectivity index (χ2v) is 6.00. The summed E-state index contributed by atoms with van der Waals surface area (Å²) in [5.74, 6) is 0. The van der Waals surface area contributed by atoms with E-state index in [1.54, 1.807) is 0 Å². The lowest BCUT2D eigenvalue weighted by atomic mass is 9.95. The van der Waals surface area contributed by atoms with E-state index in [0.29, 0.717) is 6.04 Å². The molecule has 1 aliphatic carbocycles. The summed E-state index contributed by atoms with van der Waals surface area (Å²) >= 11 is 0. The predicted molar refractivity (Wildman–Crippen MR) is 68.0 cm³/mol. The molecule has 3 atom stereocenters. The fourth-order valence-corrected chi connectivity index (χ4v) is 4.14. The Kier molecular flexibility index (Phi) is 4.13. The van der Waals surface area contributed by atoms with Crippen LogP contribution in [0.15, 0.2) is 35.2 Å². The molecule has 1 aliphatic rings. The van der Waals surface area contributed by atoms with Crippen molar-refractivity contribution in [2.24, 2.45) is 0 Å². The monoisotopic (exact) mass is 237 g/mol. The molecule has 0 aliphatic heterocycles. The molecule has 2 rings (SSSR count). The van der Waals surface area contributed by atoms with Gasteiger partial charge in [0.1, 0.15) is 0 Å². The first kappa shape index (κ1) is 11.8. The highest BCUT2D eigenvalue weighted by Crippen LogP contribution is 2.26. The van der Waals surface area contributed by atoms with E-state index < -0.39 is 10.8 Å². The van der Waals surface area contributed by atoms with Crippen molar-refractivity contribution in [2.45, 2.75) is 41.9 Å². The molecular weight excluding hydrogens is 218 g/mol. The topological polar surface area (TPSA) is 29.1 Å². The number of rotatable bonds is 3. The van der Waals surface area contributed by atoms with Gasteiger partial charge in [-0.25, -0.2) is 0 Å². The largest absolute Gasteiger partial charge is 0.316 e. The molecule has 2 nitrogen and oxygen atoms in total. The molecule has 3 heteroatoms. The Morgan fingerprint density at radius 2 is 1.88 bits per heavy atom. The smallest absolute Gasteiger partial charge is 0.0576 e. The molecule has 1 aromatic carbocycles. The molecule has 16 heavy (non-hydrogen) atoms. The van der Waals surface area contributed by atoms with E-state index in [1.807, 2.05) is 37.4 Å². The van der Waals surface area contributed by atoms with Gasteiger partial charge in [-0.15, -0.1) is 0 Å². The van der Waals surface area contributed by atoms with E-state index in [2.05, 4.69) is 5.32 Å². The second-order valence-electron chi connectivity index (χ2n) is 4.33. The standard InChI is InChI=1S/C13H19NOS/c1-14-12-9-5-6-10-13(12)16(15)11-7-3-2-4-8-11/h2-4,7-8,12-14H,5-6,9-10H2,1H3. The summed E-state index contributed by atoms with van der Waals surface area (Å²) in [5, 5.41) is 3.59. The van der Waals surface area contributed by atoms with E-state index in [-0.39, 0.29) is 5.25 Å². The normalized spacial score (nSPS) is 27.6. The first-order valence-corrected chi connectivity index (χ1v) is 7.17. The van der Waals surface area contributed by atoms with Crippen molar-refractivity contribution in [3.05, 3.63) is 30.3 Å². The molecule has 0 saturated heterocycles. The van der Waals surface area contributed by atoms with E-state index in [1.165, 1.54) is 12.8 Å². The Balaban J connectivity index is 2.14. The van der Waals surface area contributed by atoms with E-state index in [9.17, 15) is 4.21 Å². The molecule has 0 spiro atoms. The Morgan fingerprint density at radius 3 is 2.56 bits per heavy atom. The van der Waals surface area contributed by atoms with Crippen molar-refractivity contribution in [1.82, 2.24) is 5.32 Å². The molecule has 88 valence electrons. The molecule has 1 fully saturated rings. The highest BCUT2D eigenvalue weighted by molar-refractivity contribution is 7.85. The van der Waals surface area contributed by atoms with Crippen LogP contribution >= 0.6 is 0 Å². The third kappa shape index (κ3) is 2.53. The minimum atomic E-state index is -0.862. The molecule has 0 amide bonds. The van der Waals surface area contributed by atoms with Crippen molar-refractivity contribution < 1.29 is 4.21 Å². The Morgan fingerprint density at radius 1 is 1.19 bits per heavy atom. The van der Waals surface area contributed by atoms with Crippen LogP contribution in [0.2, 0.25) is 0 Å². The molecule has 0 aromatic heterocycles. The van der Waals surface area contributed by atoms with Gasteiger partial charge >= 0.3 is 0 Å². The number of nitrogens with one attached hydrogen (secondary N) is 1. The van der Waals surface area contributed by atoms with Crippen molar-refractivity contribution in [3.63, 3.8) is 0 Å². The van der Waals surface area contributed by atoms with Crippen LogP contribution < -0.4 is 5.32 Å². The number of hydrogen-bond acceptors (Lipinski definition) is 2. The van der Waals surface area contributed by atoms with Crippen LogP contribution in [0, 0.1) is 0 Å². The minimum absolute atomic E-state index is 0.279. The predicted octanol–water partition coefficient (Wildman–Crippen LogP) is 2.32. The summed E-state index contributed by atoms with van der Waals surface area (Å²) in [6.07, 6.45) is 4.70. The van der Waals surface area contributed by atoms with Gasteiger partial charge in [-0.1, -0.05) is 31.0 Å². The van der Waals surface area contributed by atoms with E-state index in [4.69, 9.17) is 0 Å². The van der Waals surface area contributed by atoms with Gasteiger partial charge in [-0.05, 0) is 32.0 Å².